The number of nitrogens with two attached hydrogens (primary N) is 1. The van der Waals surface area contributed by atoms with E-state index in [1.165, 1.54) is 0 Å². The summed E-state index contributed by atoms with van der Waals surface area (Å²) in [7, 11) is 0. The van der Waals surface area contributed by atoms with Gasteiger partial charge in [0, 0.05) is 5.69 Å². The first kappa shape index (κ1) is 9.03. The van der Waals surface area contributed by atoms with Crippen LogP contribution in [0.5, 0.6) is 0 Å². The van der Waals surface area contributed by atoms with Crippen molar-refractivity contribution in [1.29, 1.82) is 0 Å². The van der Waals surface area contributed by atoms with Crippen molar-refractivity contribution in [3.8, 4) is 0 Å². The van der Waals surface area contributed by atoms with Gasteiger partial charge < -0.3 is 10.5 Å². The van der Waals surface area contributed by atoms with E-state index in [0.29, 0.717) is 0 Å². The molecule has 4 N–H and O–H groups in total. The van der Waals surface area contributed by atoms with E-state index in [2.05, 4.69) is 5.43 Å². The summed E-state index contributed by atoms with van der Waals surface area (Å²) in [5, 5.41) is 9.64. The number of aliphatic hydroxyl groups is 1. The van der Waals surface area contributed by atoms with Crippen molar-refractivity contribution in [3.63, 3.8) is 0 Å². The minimum atomic E-state index is -0.813. The highest BCUT2D eigenvalue weighted by Gasteiger charge is 2.15. The van der Waals surface area contributed by atoms with Gasteiger partial charge in [-0.05, 0) is 31.5 Å². The normalized spacial score (nSPS) is 11.3. The predicted octanol–water partition coefficient (Wildman–Crippen LogP) is 1.20. The molecule has 0 amide bonds. The summed E-state index contributed by atoms with van der Waals surface area (Å²) in [6.07, 6.45) is 0. The predicted molar refractivity (Wildman–Crippen MR) is 49.5 cm³/mol. The Balaban J connectivity index is 3.02. The number of benzene rings is 1. The van der Waals surface area contributed by atoms with Crippen LogP contribution in [0, 0.1) is 0 Å². The van der Waals surface area contributed by atoms with Crippen molar-refractivity contribution >= 4 is 5.69 Å². The summed E-state index contributed by atoms with van der Waals surface area (Å²) in [4.78, 5) is 0. The average Bonchev–Trinajstić information content (AvgIpc) is 2.03. The molecule has 0 aromatic heterocycles. The molecule has 0 unspecified atom stereocenters. The summed E-state index contributed by atoms with van der Waals surface area (Å²) >= 11 is 0. The number of nitrogens with one attached hydrogen (secondary N) is 1. The van der Waals surface area contributed by atoms with Gasteiger partial charge in [-0.25, -0.2) is 0 Å². The van der Waals surface area contributed by atoms with E-state index in [9.17, 15) is 5.11 Å². The molecule has 3 heteroatoms. The van der Waals surface area contributed by atoms with Gasteiger partial charge in [-0.1, -0.05) is 12.1 Å². The van der Waals surface area contributed by atoms with Crippen LogP contribution in [0.15, 0.2) is 24.3 Å². The molecule has 1 aromatic carbocycles. The Kier molecular flexibility index (Phi) is 2.35. The van der Waals surface area contributed by atoms with Crippen molar-refractivity contribution in [2.24, 2.45) is 5.84 Å². The van der Waals surface area contributed by atoms with Crippen LogP contribution in [0.4, 0.5) is 5.69 Å². The second-order valence-electron chi connectivity index (χ2n) is 3.28. The molecule has 0 aliphatic rings. The smallest absolute Gasteiger partial charge is 0.0841 e. The lowest BCUT2D eigenvalue weighted by molar-refractivity contribution is 0.0786. The molecule has 1 rings (SSSR count). The molecule has 66 valence electrons. The molecule has 12 heavy (non-hydrogen) atoms. The number of hydrazine groups is 1. The van der Waals surface area contributed by atoms with Crippen LogP contribution in [0.2, 0.25) is 0 Å². The molecule has 0 spiro atoms. The third-order valence-corrected chi connectivity index (χ3v) is 1.74. The molecule has 0 radical (unpaired) electrons. The van der Waals surface area contributed by atoms with E-state index in [0.717, 1.165) is 11.3 Å². The van der Waals surface area contributed by atoms with Crippen LogP contribution in [-0.2, 0) is 5.60 Å². The molecule has 1 aromatic rings. The maximum Gasteiger partial charge on any atom is 0.0841 e. The molecule has 0 heterocycles. The van der Waals surface area contributed by atoms with E-state index >= 15 is 0 Å². The summed E-state index contributed by atoms with van der Waals surface area (Å²) in [5.41, 5.74) is 3.36. The number of rotatable bonds is 2. The highest BCUT2D eigenvalue weighted by Crippen LogP contribution is 2.21. The van der Waals surface area contributed by atoms with Crippen molar-refractivity contribution < 1.29 is 5.11 Å². The minimum absolute atomic E-state index is 0.801. The molecule has 0 fully saturated rings. The Morgan fingerprint density at radius 1 is 1.42 bits per heavy atom. The number of hydrogen-bond acceptors (Lipinski definition) is 3. The molecule has 0 saturated heterocycles. The molecular weight excluding hydrogens is 152 g/mol. The van der Waals surface area contributed by atoms with E-state index in [4.69, 9.17) is 5.84 Å². The Hall–Kier alpha value is -1.06. The first-order valence-electron chi connectivity index (χ1n) is 3.83. The standard InChI is InChI=1S/C9H14N2O/c1-9(2,12)7-4-3-5-8(6-7)11-10/h3-6,11-12H,10H2,1-2H3. The lowest BCUT2D eigenvalue weighted by Crippen LogP contribution is -2.16. The van der Waals surface area contributed by atoms with Gasteiger partial charge in [0.1, 0.15) is 0 Å². The quantitative estimate of drug-likeness (QED) is 0.457. The molecular formula is C9H14N2O. The first-order chi connectivity index (χ1) is 5.54. The zero-order valence-electron chi connectivity index (χ0n) is 7.33. The third-order valence-electron chi connectivity index (χ3n) is 1.74. The van der Waals surface area contributed by atoms with Crippen LogP contribution in [-0.4, -0.2) is 5.11 Å². The zero-order chi connectivity index (χ0) is 9.19. The van der Waals surface area contributed by atoms with Crippen LogP contribution in [0.3, 0.4) is 0 Å². The van der Waals surface area contributed by atoms with Crippen molar-refractivity contribution in [2.45, 2.75) is 19.4 Å². The Morgan fingerprint density at radius 3 is 2.58 bits per heavy atom. The second-order valence-corrected chi connectivity index (χ2v) is 3.28. The van der Waals surface area contributed by atoms with Gasteiger partial charge >= 0.3 is 0 Å². The number of anilines is 1. The van der Waals surface area contributed by atoms with E-state index in [1.54, 1.807) is 13.8 Å². The van der Waals surface area contributed by atoms with E-state index < -0.39 is 5.60 Å². The van der Waals surface area contributed by atoms with Crippen LogP contribution >= 0.6 is 0 Å². The molecule has 3 nitrogen and oxygen atoms in total. The van der Waals surface area contributed by atoms with Gasteiger partial charge in [0.15, 0.2) is 0 Å². The second kappa shape index (κ2) is 3.13. The first-order valence-corrected chi connectivity index (χ1v) is 3.83. The largest absolute Gasteiger partial charge is 0.386 e. The maximum absolute atomic E-state index is 9.64. The average molecular weight is 166 g/mol. The summed E-state index contributed by atoms with van der Waals surface area (Å²) in [6, 6.07) is 7.37. The van der Waals surface area contributed by atoms with Crippen LogP contribution in [0.1, 0.15) is 19.4 Å². The van der Waals surface area contributed by atoms with E-state index in [-0.39, 0.29) is 0 Å². The minimum Gasteiger partial charge on any atom is -0.386 e. The lowest BCUT2D eigenvalue weighted by atomic mass is 9.98. The fourth-order valence-corrected chi connectivity index (χ4v) is 0.990. The van der Waals surface area contributed by atoms with Gasteiger partial charge in [0.25, 0.3) is 0 Å². The topological polar surface area (TPSA) is 58.3 Å². The van der Waals surface area contributed by atoms with Crippen molar-refractivity contribution in [1.82, 2.24) is 0 Å². The molecule has 0 aliphatic heterocycles. The molecule has 0 bridgehead atoms. The van der Waals surface area contributed by atoms with Gasteiger partial charge in [0.05, 0.1) is 5.60 Å². The summed E-state index contributed by atoms with van der Waals surface area (Å²) in [5.74, 6) is 5.23. The monoisotopic (exact) mass is 166 g/mol. The number of nitrogen functional groups attached to an aromatic ring is 1. The zero-order valence-corrected chi connectivity index (χ0v) is 7.33. The summed E-state index contributed by atoms with van der Waals surface area (Å²) in [6.45, 7) is 3.48. The molecule has 0 atom stereocenters. The van der Waals surface area contributed by atoms with Crippen LogP contribution < -0.4 is 11.3 Å². The van der Waals surface area contributed by atoms with Gasteiger partial charge in [-0.2, -0.15) is 0 Å². The summed E-state index contributed by atoms with van der Waals surface area (Å²) < 4.78 is 0. The Labute approximate surface area is 72.2 Å². The van der Waals surface area contributed by atoms with Gasteiger partial charge in [-0.3, -0.25) is 5.84 Å². The fraction of sp³-hybridized carbons (Fsp3) is 0.333. The van der Waals surface area contributed by atoms with Crippen molar-refractivity contribution in [3.05, 3.63) is 29.8 Å². The molecule has 0 saturated carbocycles. The number of hydrogen-bond donors (Lipinski definition) is 3. The SMILES string of the molecule is CC(C)(O)c1cccc(NN)c1. The van der Waals surface area contributed by atoms with Crippen molar-refractivity contribution in [2.75, 3.05) is 5.43 Å². The Bertz CT molecular complexity index is 265. The molecule has 0 aliphatic carbocycles. The van der Waals surface area contributed by atoms with Gasteiger partial charge in [0.2, 0.25) is 0 Å². The highest BCUT2D eigenvalue weighted by molar-refractivity contribution is 5.45. The highest BCUT2D eigenvalue weighted by atomic mass is 16.3. The fourth-order valence-electron chi connectivity index (χ4n) is 0.990. The van der Waals surface area contributed by atoms with Gasteiger partial charge in [-0.15, -0.1) is 0 Å². The lowest BCUT2D eigenvalue weighted by Gasteiger charge is -2.18. The van der Waals surface area contributed by atoms with E-state index in [1.807, 2.05) is 24.3 Å². The van der Waals surface area contributed by atoms with Crippen LogP contribution in [0.25, 0.3) is 0 Å². The maximum atomic E-state index is 9.64. The Morgan fingerprint density at radius 2 is 2.08 bits per heavy atom. The third kappa shape index (κ3) is 1.96.